The summed E-state index contributed by atoms with van der Waals surface area (Å²) < 4.78 is 18.9. The van der Waals surface area contributed by atoms with E-state index in [-0.39, 0.29) is 24.1 Å². The van der Waals surface area contributed by atoms with Crippen molar-refractivity contribution in [1.82, 2.24) is 0 Å². The summed E-state index contributed by atoms with van der Waals surface area (Å²) in [6.07, 6.45) is 2.63. The molecule has 0 N–H and O–H groups in total. The SMILES string of the molecule is O=C1C=COC(c2ccc(Br)c(F)c2)C1. The van der Waals surface area contributed by atoms with Gasteiger partial charge in [-0.25, -0.2) is 4.39 Å². The van der Waals surface area contributed by atoms with Gasteiger partial charge in [0.15, 0.2) is 5.78 Å². The Balaban J connectivity index is 2.26. The molecule has 0 spiro atoms. The van der Waals surface area contributed by atoms with Crippen molar-refractivity contribution < 1.29 is 13.9 Å². The Morgan fingerprint density at radius 1 is 1.47 bits per heavy atom. The van der Waals surface area contributed by atoms with Gasteiger partial charge in [-0.1, -0.05) is 6.07 Å². The van der Waals surface area contributed by atoms with E-state index in [1.165, 1.54) is 18.4 Å². The molecule has 1 heterocycles. The predicted octanol–water partition coefficient (Wildman–Crippen LogP) is 3.13. The largest absolute Gasteiger partial charge is 0.493 e. The number of carbonyl (C=O) groups is 1. The Labute approximate surface area is 94.9 Å². The van der Waals surface area contributed by atoms with Crippen molar-refractivity contribution in [3.63, 3.8) is 0 Å². The smallest absolute Gasteiger partial charge is 0.162 e. The van der Waals surface area contributed by atoms with Gasteiger partial charge >= 0.3 is 0 Å². The average molecular weight is 271 g/mol. The lowest BCUT2D eigenvalue weighted by Crippen LogP contribution is -2.11. The number of benzene rings is 1. The van der Waals surface area contributed by atoms with Crippen molar-refractivity contribution in [1.29, 1.82) is 0 Å². The van der Waals surface area contributed by atoms with E-state index >= 15 is 0 Å². The number of carbonyl (C=O) groups excluding carboxylic acids is 1. The predicted molar refractivity (Wildman–Crippen MR) is 56.7 cm³/mol. The molecule has 1 aromatic carbocycles. The highest BCUT2D eigenvalue weighted by molar-refractivity contribution is 9.10. The lowest BCUT2D eigenvalue weighted by molar-refractivity contribution is -0.118. The van der Waals surface area contributed by atoms with Crippen LogP contribution in [-0.2, 0) is 9.53 Å². The van der Waals surface area contributed by atoms with Crippen LogP contribution in [0.25, 0.3) is 0 Å². The molecule has 0 aromatic heterocycles. The number of ketones is 1. The molecular weight excluding hydrogens is 263 g/mol. The summed E-state index contributed by atoms with van der Waals surface area (Å²) >= 11 is 3.07. The van der Waals surface area contributed by atoms with Gasteiger partial charge in [0.25, 0.3) is 0 Å². The molecular formula is C11H8BrFO2. The van der Waals surface area contributed by atoms with E-state index in [1.54, 1.807) is 12.1 Å². The third-order valence-corrected chi connectivity index (χ3v) is 2.84. The van der Waals surface area contributed by atoms with E-state index in [2.05, 4.69) is 15.9 Å². The molecule has 0 radical (unpaired) electrons. The maximum absolute atomic E-state index is 13.2. The maximum atomic E-state index is 13.2. The van der Waals surface area contributed by atoms with Gasteiger partial charge in [-0.05, 0) is 33.6 Å². The van der Waals surface area contributed by atoms with Gasteiger partial charge in [0.1, 0.15) is 11.9 Å². The molecule has 2 rings (SSSR count). The lowest BCUT2D eigenvalue weighted by atomic mass is 10.0. The summed E-state index contributed by atoms with van der Waals surface area (Å²) in [5.74, 6) is -0.354. The zero-order valence-electron chi connectivity index (χ0n) is 7.74. The monoisotopic (exact) mass is 270 g/mol. The normalized spacial score (nSPS) is 20.1. The average Bonchev–Trinajstić information content (AvgIpc) is 2.22. The van der Waals surface area contributed by atoms with Crippen LogP contribution in [0.5, 0.6) is 0 Å². The molecule has 15 heavy (non-hydrogen) atoms. The van der Waals surface area contributed by atoms with Crippen molar-refractivity contribution in [3.05, 3.63) is 46.4 Å². The van der Waals surface area contributed by atoms with Gasteiger partial charge in [0.05, 0.1) is 17.2 Å². The quantitative estimate of drug-likeness (QED) is 0.784. The minimum Gasteiger partial charge on any atom is -0.493 e. The van der Waals surface area contributed by atoms with Crippen LogP contribution in [0.4, 0.5) is 4.39 Å². The van der Waals surface area contributed by atoms with Crippen LogP contribution < -0.4 is 0 Å². The number of ether oxygens (including phenoxy) is 1. The van der Waals surface area contributed by atoms with Crippen molar-refractivity contribution in [3.8, 4) is 0 Å². The van der Waals surface area contributed by atoms with E-state index in [0.29, 0.717) is 10.0 Å². The summed E-state index contributed by atoms with van der Waals surface area (Å²) in [7, 11) is 0. The Kier molecular flexibility index (Phi) is 2.86. The Bertz CT molecular complexity index is 429. The van der Waals surface area contributed by atoms with Crippen molar-refractivity contribution >= 4 is 21.7 Å². The second-order valence-electron chi connectivity index (χ2n) is 3.27. The van der Waals surface area contributed by atoms with E-state index in [4.69, 9.17) is 4.74 Å². The standard InChI is InChI=1S/C11H8BrFO2/c12-9-2-1-7(5-10(9)13)11-6-8(14)3-4-15-11/h1-5,11H,6H2. The molecule has 0 aliphatic carbocycles. The van der Waals surface area contributed by atoms with Gasteiger partial charge in [-0.2, -0.15) is 0 Å². The Morgan fingerprint density at radius 3 is 2.93 bits per heavy atom. The van der Waals surface area contributed by atoms with Crippen molar-refractivity contribution in [2.24, 2.45) is 0 Å². The van der Waals surface area contributed by atoms with Crippen LogP contribution in [0.2, 0.25) is 0 Å². The molecule has 0 saturated carbocycles. The van der Waals surface area contributed by atoms with Crippen LogP contribution in [0, 0.1) is 5.82 Å². The molecule has 0 amide bonds. The fourth-order valence-corrected chi connectivity index (χ4v) is 1.66. The van der Waals surface area contributed by atoms with E-state index in [1.807, 2.05) is 0 Å². The fourth-order valence-electron chi connectivity index (χ4n) is 1.42. The summed E-state index contributed by atoms with van der Waals surface area (Å²) in [6, 6.07) is 4.72. The molecule has 1 aliphatic heterocycles. The number of rotatable bonds is 1. The summed E-state index contributed by atoms with van der Waals surface area (Å²) in [6.45, 7) is 0. The topological polar surface area (TPSA) is 26.3 Å². The van der Waals surface area contributed by atoms with Crippen LogP contribution in [0.1, 0.15) is 18.1 Å². The van der Waals surface area contributed by atoms with Crippen molar-refractivity contribution in [2.45, 2.75) is 12.5 Å². The van der Waals surface area contributed by atoms with Crippen LogP contribution in [0.3, 0.4) is 0 Å². The summed E-state index contributed by atoms with van der Waals surface area (Å²) in [4.78, 5) is 11.1. The first-order chi connectivity index (χ1) is 7.16. The number of hydrogen-bond donors (Lipinski definition) is 0. The minimum atomic E-state index is -0.370. The maximum Gasteiger partial charge on any atom is 0.162 e. The van der Waals surface area contributed by atoms with Gasteiger partial charge in [0, 0.05) is 6.08 Å². The highest BCUT2D eigenvalue weighted by Gasteiger charge is 2.19. The molecule has 1 unspecified atom stereocenters. The van der Waals surface area contributed by atoms with Crippen molar-refractivity contribution in [2.75, 3.05) is 0 Å². The number of allylic oxidation sites excluding steroid dienone is 1. The lowest BCUT2D eigenvalue weighted by Gasteiger charge is -2.19. The molecule has 0 bridgehead atoms. The first-order valence-corrected chi connectivity index (χ1v) is 5.26. The molecule has 78 valence electrons. The fraction of sp³-hybridized carbons (Fsp3) is 0.182. The number of halogens is 2. The third kappa shape index (κ3) is 2.26. The highest BCUT2D eigenvalue weighted by atomic mass is 79.9. The molecule has 2 nitrogen and oxygen atoms in total. The van der Waals surface area contributed by atoms with Crippen LogP contribution >= 0.6 is 15.9 Å². The molecule has 0 fully saturated rings. The van der Waals surface area contributed by atoms with Gasteiger partial charge in [0.2, 0.25) is 0 Å². The van der Waals surface area contributed by atoms with E-state index < -0.39 is 0 Å². The number of hydrogen-bond acceptors (Lipinski definition) is 2. The van der Waals surface area contributed by atoms with E-state index in [0.717, 1.165) is 0 Å². The molecule has 4 heteroatoms. The first-order valence-electron chi connectivity index (χ1n) is 4.46. The second-order valence-corrected chi connectivity index (χ2v) is 4.13. The Morgan fingerprint density at radius 2 is 2.27 bits per heavy atom. The summed E-state index contributed by atoms with van der Waals surface area (Å²) in [5, 5.41) is 0. The second kappa shape index (κ2) is 4.14. The molecule has 1 atom stereocenters. The van der Waals surface area contributed by atoms with E-state index in [9.17, 15) is 9.18 Å². The molecule has 0 saturated heterocycles. The van der Waals surface area contributed by atoms with Gasteiger partial charge in [-0.15, -0.1) is 0 Å². The zero-order chi connectivity index (χ0) is 10.8. The zero-order valence-corrected chi connectivity index (χ0v) is 9.33. The van der Waals surface area contributed by atoms with Gasteiger partial charge < -0.3 is 4.74 Å². The molecule has 1 aliphatic rings. The third-order valence-electron chi connectivity index (χ3n) is 2.20. The minimum absolute atomic E-state index is 0.00502. The van der Waals surface area contributed by atoms with Crippen LogP contribution in [-0.4, -0.2) is 5.78 Å². The van der Waals surface area contributed by atoms with Gasteiger partial charge in [-0.3, -0.25) is 4.79 Å². The molecule has 1 aromatic rings. The highest BCUT2D eigenvalue weighted by Crippen LogP contribution is 2.27. The van der Waals surface area contributed by atoms with Crippen LogP contribution in [0.15, 0.2) is 35.0 Å². The summed E-state index contributed by atoms with van der Waals surface area (Å²) in [5.41, 5.74) is 0.674. The Hall–Kier alpha value is -1.16. The first kappa shape index (κ1) is 10.4.